The summed E-state index contributed by atoms with van der Waals surface area (Å²) in [6.07, 6.45) is 3.81. The fourth-order valence-corrected chi connectivity index (χ4v) is 2.49. The third-order valence-corrected chi connectivity index (χ3v) is 3.68. The minimum atomic E-state index is 0.803. The number of likely N-dealkylation sites (tertiary alicyclic amines) is 1. The molecule has 2 heterocycles. The lowest BCUT2D eigenvalue weighted by Gasteiger charge is -2.27. The van der Waals surface area contributed by atoms with Crippen molar-refractivity contribution in [2.45, 2.75) is 19.4 Å². The molecule has 1 fully saturated rings. The van der Waals surface area contributed by atoms with Crippen molar-refractivity contribution in [1.82, 2.24) is 9.88 Å². The summed E-state index contributed by atoms with van der Waals surface area (Å²) in [6.45, 7) is 3.16. The van der Waals surface area contributed by atoms with Gasteiger partial charge in [-0.05, 0) is 17.7 Å². The van der Waals surface area contributed by atoms with E-state index in [1.807, 2.05) is 18.2 Å². The van der Waals surface area contributed by atoms with Crippen LogP contribution >= 0.6 is 0 Å². The fourth-order valence-electron chi connectivity index (χ4n) is 2.49. The number of piperidine rings is 1. The van der Waals surface area contributed by atoms with Crippen LogP contribution in [-0.2, 0) is 6.54 Å². The third kappa shape index (κ3) is 4.13. The highest BCUT2D eigenvalue weighted by Crippen LogP contribution is 2.12. The zero-order valence-electron chi connectivity index (χ0n) is 12.1. The van der Waals surface area contributed by atoms with E-state index in [9.17, 15) is 0 Å². The van der Waals surface area contributed by atoms with E-state index in [2.05, 4.69) is 50.7 Å². The SMILES string of the molecule is c1ccc(CN2CCC(=NNc3ccccn3)CC2)cc1. The Bertz CT molecular complexity index is 570. The Balaban J connectivity index is 1.49. The van der Waals surface area contributed by atoms with Crippen molar-refractivity contribution in [1.29, 1.82) is 0 Å². The maximum Gasteiger partial charge on any atom is 0.146 e. The number of nitrogens with zero attached hydrogens (tertiary/aromatic N) is 3. The number of hydrogen-bond acceptors (Lipinski definition) is 4. The Morgan fingerprint density at radius 2 is 1.76 bits per heavy atom. The Labute approximate surface area is 125 Å². The van der Waals surface area contributed by atoms with E-state index in [4.69, 9.17) is 0 Å². The summed E-state index contributed by atoms with van der Waals surface area (Å²) in [6, 6.07) is 16.4. The van der Waals surface area contributed by atoms with Crippen LogP contribution in [0.4, 0.5) is 5.82 Å². The Hall–Kier alpha value is -2.20. The molecule has 4 nitrogen and oxygen atoms in total. The standard InChI is InChI=1S/C17H20N4/c1-2-6-15(7-3-1)14-21-12-9-16(10-13-21)19-20-17-8-4-5-11-18-17/h1-8,11H,9-10,12-14H2,(H,18,20). The van der Waals surface area contributed by atoms with E-state index in [0.29, 0.717) is 0 Å². The number of pyridine rings is 1. The van der Waals surface area contributed by atoms with Gasteiger partial charge in [0.25, 0.3) is 0 Å². The number of rotatable bonds is 4. The molecule has 3 rings (SSSR count). The summed E-state index contributed by atoms with van der Waals surface area (Å²) >= 11 is 0. The second-order valence-electron chi connectivity index (χ2n) is 5.27. The first-order valence-corrected chi connectivity index (χ1v) is 7.39. The first-order chi connectivity index (χ1) is 10.4. The molecule has 0 amide bonds. The summed E-state index contributed by atoms with van der Waals surface area (Å²) < 4.78 is 0. The molecule has 0 atom stereocenters. The number of hydrogen-bond donors (Lipinski definition) is 1. The molecule has 0 radical (unpaired) electrons. The van der Waals surface area contributed by atoms with Crippen molar-refractivity contribution in [2.24, 2.45) is 5.10 Å². The van der Waals surface area contributed by atoms with Crippen LogP contribution in [0, 0.1) is 0 Å². The topological polar surface area (TPSA) is 40.5 Å². The van der Waals surface area contributed by atoms with E-state index in [1.165, 1.54) is 11.3 Å². The van der Waals surface area contributed by atoms with Gasteiger partial charge in [0.15, 0.2) is 0 Å². The first kappa shape index (κ1) is 13.8. The minimum Gasteiger partial charge on any atom is -0.298 e. The van der Waals surface area contributed by atoms with Crippen molar-refractivity contribution < 1.29 is 0 Å². The third-order valence-electron chi connectivity index (χ3n) is 3.68. The van der Waals surface area contributed by atoms with Crippen molar-refractivity contribution in [3.8, 4) is 0 Å². The number of anilines is 1. The number of benzene rings is 1. The van der Waals surface area contributed by atoms with Crippen LogP contribution in [-0.4, -0.2) is 28.7 Å². The molecule has 0 aliphatic carbocycles. The molecule has 0 bridgehead atoms. The van der Waals surface area contributed by atoms with Crippen molar-refractivity contribution in [2.75, 3.05) is 18.5 Å². The van der Waals surface area contributed by atoms with Gasteiger partial charge in [0.05, 0.1) is 0 Å². The zero-order chi connectivity index (χ0) is 14.3. The van der Waals surface area contributed by atoms with E-state index in [1.54, 1.807) is 6.20 Å². The van der Waals surface area contributed by atoms with Gasteiger partial charge in [0, 0.05) is 44.4 Å². The smallest absolute Gasteiger partial charge is 0.146 e. The van der Waals surface area contributed by atoms with E-state index >= 15 is 0 Å². The van der Waals surface area contributed by atoms with Crippen LogP contribution in [0.1, 0.15) is 18.4 Å². The highest BCUT2D eigenvalue weighted by atomic mass is 15.3. The molecule has 21 heavy (non-hydrogen) atoms. The molecule has 1 saturated heterocycles. The summed E-state index contributed by atoms with van der Waals surface area (Å²) in [5.41, 5.74) is 5.64. The largest absolute Gasteiger partial charge is 0.298 e. The van der Waals surface area contributed by atoms with E-state index < -0.39 is 0 Å². The quantitative estimate of drug-likeness (QED) is 0.875. The predicted octanol–water partition coefficient (Wildman–Crippen LogP) is 3.15. The molecule has 4 heteroatoms. The van der Waals surface area contributed by atoms with E-state index in [0.717, 1.165) is 38.3 Å². The van der Waals surface area contributed by atoms with Gasteiger partial charge < -0.3 is 0 Å². The fraction of sp³-hybridized carbons (Fsp3) is 0.294. The predicted molar refractivity (Wildman–Crippen MR) is 86.2 cm³/mol. The van der Waals surface area contributed by atoms with Gasteiger partial charge >= 0.3 is 0 Å². The average Bonchev–Trinajstić information content (AvgIpc) is 2.56. The lowest BCUT2D eigenvalue weighted by Crippen LogP contribution is -2.33. The van der Waals surface area contributed by atoms with E-state index in [-0.39, 0.29) is 0 Å². The summed E-state index contributed by atoms with van der Waals surface area (Å²) in [5, 5.41) is 4.47. The molecule has 1 aliphatic rings. The molecule has 108 valence electrons. The first-order valence-electron chi connectivity index (χ1n) is 7.39. The van der Waals surface area contributed by atoms with Gasteiger partial charge in [-0.2, -0.15) is 5.10 Å². The molecule has 0 spiro atoms. The normalized spacial score (nSPS) is 15.7. The number of hydrazone groups is 1. The molecular formula is C17H20N4. The van der Waals surface area contributed by atoms with Crippen molar-refractivity contribution >= 4 is 11.5 Å². The molecule has 1 aromatic carbocycles. The van der Waals surface area contributed by atoms with Crippen molar-refractivity contribution in [3.05, 3.63) is 60.3 Å². The van der Waals surface area contributed by atoms with Gasteiger partial charge in [-0.25, -0.2) is 4.98 Å². The maximum atomic E-state index is 4.47. The lowest BCUT2D eigenvalue weighted by atomic mass is 10.1. The van der Waals surface area contributed by atoms with Crippen LogP contribution < -0.4 is 5.43 Å². The van der Waals surface area contributed by atoms with Crippen LogP contribution in [0.2, 0.25) is 0 Å². The molecular weight excluding hydrogens is 260 g/mol. The zero-order valence-corrected chi connectivity index (χ0v) is 12.1. The van der Waals surface area contributed by atoms with Gasteiger partial charge in [0.2, 0.25) is 0 Å². The van der Waals surface area contributed by atoms with Crippen LogP contribution in [0.5, 0.6) is 0 Å². The van der Waals surface area contributed by atoms with Gasteiger partial charge in [-0.1, -0.05) is 36.4 Å². The maximum absolute atomic E-state index is 4.47. The molecule has 2 aromatic rings. The Morgan fingerprint density at radius 3 is 2.48 bits per heavy atom. The highest BCUT2D eigenvalue weighted by molar-refractivity contribution is 5.86. The molecule has 1 N–H and O–H groups in total. The van der Waals surface area contributed by atoms with Crippen LogP contribution in [0.15, 0.2) is 59.8 Å². The summed E-state index contributed by atoms with van der Waals surface area (Å²) in [7, 11) is 0. The second-order valence-corrected chi connectivity index (χ2v) is 5.27. The van der Waals surface area contributed by atoms with Gasteiger partial charge in [-0.15, -0.1) is 0 Å². The second kappa shape index (κ2) is 6.99. The van der Waals surface area contributed by atoms with Crippen LogP contribution in [0.3, 0.4) is 0 Å². The number of nitrogens with one attached hydrogen (secondary N) is 1. The Kier molecular flexibility index (Phi) is 4.59. The monoisotopic (exact) mass is 280 g/mol. The van der Waals surface area contributed by atoms with Crippen LogP contribution in [0.25, 0.3) is 0 Å². The van der Waals surface area contributed by atoms with Gasteiger partial charge in [0.1, 0.15) is 5.82 Å². The Morgan fingerprint density at radius 1 is 1.00 bits per heavy atom. The summed E-state index contributed by atoms with van der Waals surface area (Å²) in [4.78, 5) is 6.69. The summed E-state index contributed by atoms with van der Waals surface area (Å²) in [5.74, 6) is 0.803. The highest BCUT2D eigenvalue weighted by Gasteiger charge is 2.15. The molecule has 0 saturated carbocycles. The van der Waals surface area contributed by atoms with Gasteiger partial charge in [-0.3, -0.25) is 10.3 Å². The number of aromatic nitrogens is 1. The molecule has 1 aliphatic heterocycles. The molecule has 0 unspecified atom stereocenters. The lowest BCUT2D eigenvalue weighted by molar-refractivity contribution is 0.266. The average molecular weight is 280 g/mol. The minimum absolute atomic E-state index is 0.803. The molecule has 1 aromatic heterocycles. The van der Waals surface area contributed by atoms with Crippen molar-refractivity contribution in [3.63, 3.8) is 0 Å².